The Bertz CT molecular complexity index is 455. The first-order valence-corrected chi connectivity index (χ1v) is 7.02. The minimum atomic E-state index is 0.303. The van der Waals surface area contributed by atoms with Crippen LogP contribution < -0.4 is 4.90 Å². The van der Waals surface area contributed by atoms with Crippen molar-refractivity contribution in [1.29, 1.82) is 5.26 Å². The van der Waals surface area contributed by atoms with Gasteiger partial charge in [-0.25, -0.2) is 0 Å². The molecule has 0 aromatic heterocycles. The summed E-state index contributed by atoms with van der Waals surface area (Å²) in [5.41, 5.74) is 3.96. The van der Waals surface area contributed by atoms with Crippen LogP contribution in [-0.4, -0.2) is 37.6 Å². The van der Waals surface area contributed by atoms with Gasteiger partial charge in [0.05, 0.1) is 18.5 Å². The molecule has 1 aromatic carbocycles. The first kappa shape index (κ1) is 13.9. The van der Waals surface area contributed by atoms with Crippen LogP contribution in [-0.2, 0) is 0 Å². The van der Waals surface area contributed by atoms with Gasteiger partial charge in [0.25, 0.3) is 0 Å². The molecule has 3 nitrogen and oxygen atoms in total. The number of rotatable bonds is 2. The molecule has 1 heterocycles. The van der Waals surface area contributed by atoms with Crippen molar-refractivity contribution in [2.75, 3.05) is 31.6 Å². The molecule has 1 atom stereocenters. The maximum Gasteiger partial charge on any atom is 0.0643 e. The van der Waals surface area contributed by atoms with E-state index >= 15 is 0 Å². The van der Waals surface area contributed by atoms with Gasteiger partial charge in [0.1, 0.15) is 0 Å². The predicted molar refractivity (Wildman–Crippen MR) is 79.4 cm³/mol. The smallest absolute Gasteiger partial charge is 0.0643 e. The van der Waals surface area contributed by atoms with Crippen LogP contribution in [0, 0.1) is 25.2 Å². The van der Waals surface area contributed by atoms with Gasteiger partial charge in [-0.15, -0.1) is 0 Å². The van der Waals surface area contributed by atoms with E-state index in [1.807, 2.05) is 0 Å². The summed E-state index contributed by atoms with van der Waals surface area (Å²) < 4.78 is 0. The zero-order valence-electron chi connectivity index (χ0n) is 12.2. The van der Waals surface area contributed by atoms with Crippen LogP contribution in [0.4, 0.5) is 5.69 Å². The van der Waals surface area contributed by atoms with E-state index in [0.717, 1.165) is 26.1 Å². The van der Waals surface area contributed by atoms with Gasteiger partial charge in [-0.3, -0.25) is 0 Å². The third kappa shape index (κ3) is 3.08. The quantitative estimate of drug-likeness (QED) is 0.816. The lowest BCUT2D eigenvalue weighted by atomic mass is 10.0. The molecular weight excluding hydrogens is 234 g/mol. The van der Waals surface area contributed by atoms with Crippen molar-refractivity contribution >= 4 is 5.69 Å². The van der Waals surface area contributed by atoms with Crippen LogP contribution in [0.3, 0.4) is 0 Å². The molecule has 0 aliphatic carbocycles. The van der Waals surface area contributed by atoms with Crippen LogP contribution in [0.15, 0.2) is 18.2 Å². The van der Waals surface area contributed by atoms with E-state index in [1.54, 1.807) is 0 Å². The Kier molecular flexibility index (Phi) is 4.44. The van der Waals surface area contributed by atoms with Crippen LogP contribution in [0.25, 0.3) is 0 Å². The molecule has 0 N–H and O–H groups in total. The van der Waals surface area contributed by atoms with Crippen molar-refractivity contribution in [1.82, 2.24) is 4.90 Å². The van der Waals surface area contributed by atoms with E-state index in [0.29, 0.717) is 12.5 Å². The van der Waals surface area contributed by atoms with Gasteiger partial charge >= 0.3 is 0 Å². The van der Waals surface area contributed by atoms with Gasteiger partial charge < -0.3 is 9.80 Å². The molecular formula is C16H23N3. The lowest BCUT2D eigenvalue weighted by molar-refractivity contribution is 0.332. The summed E-state index contributed by atoms with van der Waals surface area (Å²) in [7, 11) is 2.15. The Labute approximate surface area is 116 Å². The van der Waals surface area contributed by atoms with E-state index in [-0.39, 0.29) is 0 Å². The van der Waals surface area contributed by atoms with Gasteiger partial charge in [-0.1, -0.05) is 18.2 Å². The maximum absolute atomic E-state index is 9.10. The summed E-state index contributed by atoms with van der Waals surface area (Å²) in [4.78, 5) is 4.80. The molecule has 1 aliphatic heterocycles. The molecule has 1 fully saturated rings. The van der Waals surface area contributed by atoms with Crippen LogP contribution in [0.2, 0.25) is 0 Å². The largest absolute Gasteiger partial charge is 0.366 e. The number of aryl methyl sites for hydroxylation is 2. The van der Waals surface area contributed by atoms with Gasteiger partial charge in [0, 0.05) is 18.8 Å². The van der Waals surface area contributed by atoms with Gasteiger partial charge in [0.15, 0.2) is 0 Å². The summed E-state index contributed by atoms with van der Waals surface area (Å²) >= 11 is 0. The summed E-state index contributed by atoms with van der Waals surface area (Å²) in [6.07, 6.45) is 1.75. The molecule has 0 spiro atoms. The second kappa shape index (κ2) is 6.08. The third-order valence-electron chi connectivity index (χ3n) is 3.96. The fraction of sp³-hybridized carbons (Fsp3) is 0.562. The number of nitriles is 1. The normalized spacial score (nSPS) is 20.9. The Morgan fingerprint density at radius 3 is 2.58 bits per heavy atom. The molecule has 0 radical (unpaired) electrons. The van der Waals surface area contributed by atoms with Gasteiger partial charge in [0.2, 0.25) is 0 Å². The first-order chi connectivity index (χ1) is 9.13. The Hall–Kier alpha value is -1.53. The van der Waals surface area contributed by atoms with Crippen LogP contribution in [0.5, 0.6) is 0 Å². The van der Waals surface area contributed by atoms with Crippen LogP contribution >= 0.6 is 0 Å². The van der Waals surface area contributed by atoms with E-state index in [1.165, 1.54) is 16.8 Å². The highest BCUT2D eigenvalue weighted by molar-refractivity contribution is 5.59. The van der Waals surface area contributed by atoms with Gasteiger partial charge in [-0.2, -0.15) is 5.26 Å². The molecule has 1 unspecified atom stereocenters. The minimum Gasteiger partial charge on any atom is -0.366 e. The topological polar surface area (TPSA) is 30.3 Å². The van der Waals surface area contributed by atoms with Crippen molar-refractivity contribution in [3.8, 4) is 6.07 Å². The van der Waals surface area contributed by atoms with E-state index in [4.69, 9.17) is 5.26 Å². The molecule has 102 valence electrons. The first-order valence-electron chi connectivity index (χ1n) is 7.02. The summed E-state index contributed by atoms with van der Waals surface area (Å²) in [6.45, 7) is 7.47. The zero-order valence-corrected chi connectivity index (χ0v) is 12.2. The average molecular weight is 257 g/mol. The Balaban J connectivity index is 2.36. The summed E-state index contributed by atoms with van der Waals surface area (Å²) in [5.74, 6) is 0. The van der Waals surface area contributed by atoms with Crippen molar-refractivity contribution in [3.63, 3.8) is 0 Å². The highest BCUT2D eigenvalue weighted by atomic mass is 15.2. The van der Waals surface area contributed by atoms with Crippen molar-refractivity contribution < 1.29 is 0 Å². The number of anilines is 1. The standard InChI is InChI=1S/C16H23N3/c1-13-6-4-7-14(2)16(13)19-11-5-10-18(3)12-15(19)8-9-17/h4,6-7,15H,5,8,10-12H2,1-3H3. The molecule has 1 aliphatic rings. The molecule has 19 heavy (non-hydrogen) atoms. The predicted octanol–water partition coefficient (Wildman–Crippen LogP) is 2.73. The van der Waals surface area contributed by atoms with Crippen molar-refractivity contribution in [3.05, 3.63) is 29.3 Å². The molecule has 1 aromatic rings. The molecule has 0 saturated carbocycles. The number of hydrogen-bond donors (Lipinski definition) is 0. The molecule has 0 amide bonds. The fourth-order valence-electron chi connectivity index (χ4n) is 3.08. The zero-order chi connectivity index (χ0) is 13.8. The maximum atomic E-state index is 9.10. The SMILES string of the molecule is Cc1cccc(C)c1N1CCCN(C)CC1CC#N. The Morgan fingerprint density at radius 1 is 1.26 bits per heavy atom. The van der Waals surface area contributed by atoms with E-state index in [9.17, 15) is 0 Å². The van der Waals surface area contributed by atoms with Crippen molar-refractivity contribution in [2.45, 2.75) is 32.7 Å². The highest BCUT2D eigenvalue weighted by Crippen LogP contribution is 2.28. The lowest BCUT2D eigenvalue weighted by Gasteiger charge is -2.33. The number of nitrogens with zero attached hydrogens (tertiary/aromatic N) is 3. The minimum absolute atomic E-state index is 0.303. The fourth-order valence-corrected chi connectivity index (χ4v) is 3.08. The number of para-hydroxylation sites is 1. The van der Waals surface area contributed by atoms with Gasteiger partial charge in [-0.05, 0) is 45.0 Å². The summed E-state index contributed by atoms with van der Waals surface area (Å²) in [5, 5.41) is 9.10. The number of hydrogen-bond acceptors (Lipinski definition) is 3. The third-order valence-corrected chi connectivity index (χ3v) is 3.96. The lowest BCUT2D eigenvalue weighted by Crippen LogP contribution is -2.40. The van der Waals surface area contributed by atoms with Crippen LogP contribution in [0.1, 0.15) is 24.0 Å². The second-order valence-corrected chi connectivity index (χ2v) is 5.57. The number of likely N-dealkylation sites (N-methyl/N-ethyl adjacent to an activating group) is 1. The average Bonchev–Trinajstić information content (AvgIpc) is 2.52. The second-order valence-electron chi connectivity index (χ2n) is 5.57. The van der Waals surface area contributed by atoms with Crippen molar-refractivity contribution in [2.24, 2.45) is 0 Å². The number of benzene rings is 1. The monoisotopic (exact) mass is 257 g/mol. The Morgan fingerprint density at radius 2 is 1.95 bits per heavy atom. The van der Waals surface area contributed by atoms with E-state index in [2.05, 4.69) is 55.0 Å². The molecule has 3 heteroatoms. The van der Waals surface area contributed by atoms with E-state index < -0.39 is 0 Å². The highest BCUT2D eigenvalue weighted by Gasteiger charge is 2.25. The molecule has 1 saturated heterocycles. The summed E-state index contributed by atoms with van der Waals surface area (Å²) in [6, 6.07) is 9.10. The molecule has 0 bridgehead atoms. The molecule has 2 rings (SSSR count).